The van der Waals surface area contributed by atoms with Gasteiger partial charge in [-0.15, -0.1) is 0 Å². The Labute approximate surface area is 141 Å². The molecule has 0 saturated heterocycles. The summed E-state index contributed by atoms with van der Waals surface area (Å²) in [5, 5.41) is 0.951. The summed E-state index contributed by atoms with van der Waals surface area (Å²) >= 11 is 0. The molecule has 0 bridgehead atoms. The molecular weight excluding hydrogens is 316 g/mol. The summed E-state index contributed by atoms with van der Waals surface area (Å²) in [6.07, 6.45) is -2.22. The van der Waals surface area contributed by atoms with E-state index in [0.717, 1.165) is 5.01 Å². The van der Waals surface area contributed by atoms with Crippen molar-refractivity contribution in [2.75, 3.05) is 19.2 Å². The van der Waals surface area contributed by atoms with Crippen molar-refractivity contribution in [2.45, 2.75) is 39.9 Å². The van der Waals surface area contributed by atoms with Gasteiger partial charge >= 0.3 is 12.2 Å². The molecule has 0 aliphatic rings. The molecule has 1 aromatic carbocycles. The summed E-state index contributed by atoms with van der Waals surface area (Å²) in [5.41, 5.74) is 2.69. The number of hydrogen-bond donors (Lipinski definition) is 1. The fourth-order valence-corrected chi connectivity index (χ4v) is 1.77. The number of amides is 2. The van der Waals surface area contributed by atoms with Crippen LogP contribution in [0.25, 0.3) is 0 Å². The third-order valence-electron chi connectivity index (χ3n) is 2.69. The summed E-state index contributed by atoms with van der Waals surface area (Å²) in [6.45, 7) is 6.81. The van der Waals surface area contributed by atoms with Crippen molar-refractivity contribution >= 4 is 17.9 Å². The topological polar surface area (TPSA) is 86.3 Å². The largest absolute Gasteiger partial charge is 0.493 e. The predicted molar refractivity (Wildman–Crippen MR) is 88.4 cm³/mol. The normalized spacial score (nSPS) is 10.3. The molecule has 0 radical (unpaired) electrons. The van der Waals surface area contributed by atoms with Crippen molar-refractivity contribution in [1.82, 2.24) is 5.43 Å². The molecule has 0 aliphatic heterocycles. The van der Waals surface area contributed by atoms with E-state index in [9.17, 15) is 9.59 Å². The first-order valence-electron chi connectivity index (χ1n) is 7.48. The third kappa shape index (κ3) is 5.53. The molecule has 0 unspecified atom stereocenters. The zero-order chi connectivity index (χ0) is 18.3. The number of anilines is 1. The molecule has 1 N–H and O–H groups in total. The lowest BCUT2D eigenvalue weighted by molar-refractivity contribution is 0.103. The van der Waals surface area contributed by atoms with Crippen LogP contribution in [0.4, 0.5) is 15.3 Å². The lowest BCUT2D eigenvalue weighted by Crippen LogP contribution is -2.48. The van der Waals surface area contributed by atoms with Gasteiger partial charge in [0.25, 0.3) is 0 Å². The van der Waals surface area contributed by atoms with E-state index in [1.165, 1.54) is 20.3 Å². The van der Waals surface area contributed by atoms with Gasteiger partial charge in [-0.1, -0.05) is 0 Å². The third-order valence-corrected chi connectivity index (χ3v) is 2.69. The minimum absolute atomic E-state index is 0.332. The Morgan fingerprint density at radius 1 is 0.958 bits per heavy atom. The molecule has 0 saturated carbocycles. The predicted octanol–water partition coefficient (Wildman–Crippen LogP) is 3.10. The monoisotopic (exact) mass is 340 g/mol. The first-order chi connectivity index (χ1) is 11.3. The number of methoxy groups -OCH3 is 2. The highest BCUT2D eigenvalue weighted by Crippen LogP contribution is 2.31. The Hall–Kier alpha value is -2.64. The van der Waals surface area contributed by atoms with Crippen molar-refractivity contribution in [2.24, 2.45) is 0 Å². The van der Waals surface area contributed by atoms with E-state index in [-0.39, 0.29) is 12.2 Å². The molecule has 8 heteroatoms. The van der Waals surface area contributed by atoms with Crippen molar-refractivity contribution in [3.63, 3.8) is 0 Å². The Morgan fingerprint density at radius 3 is 2.04 bits per heavy atom. The Kier molecular flexibility index (Phi) is 7.16. The van der Waals surface area contributed by atoms with Crippen LogP contribution in [0.15, 0.2) is 18.2 Å². The van der Waals surface area contributed by atoms with Gasteiger partial charge in [0.05, 0.1) is 32.1 Å². The van der Waals surface area contributed by atoms with E-state index >= 15 is 0 Å². The maximum Gasteiger partial charge on any atom is 0.433 e. The van der Waals surface area contributed by atoms with Gasteiger partial charge in [-0.3, -0.25) is 0 Å². The van der Waals surface area contributed by atoms with Crippen molar-refractivity contribution < 1.29 is 28.5 Å². The molecule has 0 atom stereocenters. The van der Waals surface area contributed by atoms with Crippen molar-refractivity contribution in [3.8, 4) is 11.5 Å². The fraction of sp³-hybridized carbons (Fsp3) is 0.500. The SMILES string of the molecule is COc1ccc(N(NC(=O)OC(C)C)C(=O)OC(C)C)cc1OC. The second-order valence-corrected chi connectivity index (χ2v) is 5.37. The lowest BCUT2D eigenvalue weighted by Gasteiger charge is -2.24. The maximum absolute atomic E-state index is 12.3. The number of carbonyl (C=O) groups excluding carboxylic acids is 2. The van der Waals surface area contributed by atoms with Gasteiger partial charge in [0.1, 0.15) is 0 Å². The molecule has 8 nitrogen and oxygen atoms in total. The van der Waals surface area contributed by atoms with Crippen molar-refractivity contribution in [1.29, 1.82) is 0 Å². The van der Waals surface area contributed by atoms with Gasteiger partial charge in [-0.2, -0.15) is 5.01 Å². The second-order valence-electron chi connectivity index (χ2n) is 5.37. The number of nitrogens with one attached hydrogen (secondary N) is 1. The first kappa shape index (κ1) is 19.4. The maximum atomic E-state index is 12.3. The Bertz CT molecular complexity index is 574. The van der Waals surface area contributed by atoms with E-state index in [4.69, 9.17) is 18.9 Å². The van der Waals surface area contributed by atoms with Gasteiger partial charge in [0, 0.05) is 6.07 Å². The van der Waals surface area contributed by atoms with Gasteiger partial charge in [-0.25, -0.2) is 15.0 Å². The van der Waals surface area contributed by atoms with E-state index in [1.54, 1.807) is 39.8 Å². The number of ether oxygens (including phenoxy) is 4. The van der Waals surface area contributed by atoms with Crippen molar-refractivity contribution in [3.05, 3.63) is 18.2 Å². The zero-order valence-electron chi connectivity index (χ0n) is 14.8. The van der Waals surface area contributed by atoms with Crippen LogP contribution in [0.5, 0.6) is 11.5 Å². The van der Waals surface area contributed by atoms with Gasteiger partial charge in [-0.05, 0) is 39.8 Å². The number of hydrazine groups is 1. The molecular formula is C16H24N2O6. The highest BCUT2D eigenvalue weighted by Gasteiger charge is 2.23. The van der Waals surface area contributed by atoms with Crippen LogP contribution in [-0.2, 0) is 9.47 Å². The minimum Gasteiger partial charge on any atom is -0.493 e. The first-order valence-corrected chi connectivity index (χ1v) is 7.48. The molecule has 2 amide bonds. The smallest absolute Gasteiger partial charge is 0.433 e. The number of rotatable bonds is 5. The fourth-order valence-electron chi connectivity index (χ4n) is 1.77. The quantitative estimate of drug-likeness (QED) is 0.829. The van der Waals surface area contributed by atoms with Crippen LogP contribution in [0.3, 0.4) is 0 Å². The zero-order valence-corrected chi connectivity index (χ0v) is 14.8. The number of hydrogen-bond acceptors (Lipinski definition) is 6. The summed E-state index contributed by atoms with van der Waals surface area (Å²) in [7, 11) is 2.97. The summed E-state index contributed by atoms with van der Waals surface area (Å²) in [4.78, 5) is 24.2. The number of benzene rings is 1. The summed E-state index contributed by atoms with van der Waals surface area (Å²) < 4.78 is 20.5. The molecule has 24 heavy (non-hydrogen) atoms. The average molecular weight is 340 g/mol. The number of carbonyl (C=O) groups is 2. The molecule has 0 aliphatic carbocycles. The van der Waals surface area contributed by atoms with E-state index in [2.05, 4.69) is 5.43 Å². The lowest BCUT2D eigenvalue weighted by atomic mass is 10.2. The average Bonchev–Trinajstić information content (AvgIpc) is 2.50. The van der Waals surface area contributed by atoms with E-state index in [1.807, 2.05) is 0 Å². The van der Waals surface area contributed by atoms with Gasteiger partial charge in [0.15, 0.2) is 11.5 Å². The Morgan fingerprint density at radius 2 is 1.54 bits per heavy atom. The van der Waals surface area contributed by atoms with Crippen LogP contribution >= 0.6 is 0 Å². The van der Waals surface area contributed by atoms with Crippen LogP contribution in [0.2, 0.25) is 0 Å². The molecule has 1 rings (SSSR count). The van der Waals surface area contributed by atoms with Gasteiger partial charge < -0.3 is 18.9 Å². The molecule has 0 fully saturated rings. The minimum atomic E-state index is -0.777. The van der Waals surface area contributed by atoms with E-state index < -0.39 is 12.2 Å². The highest BCUT2D eigenvalue weighted by molar-refractivity contribution is 5.91. The summed E-state index contributed by atoms with van der Waals surface area (Å²) in [5.74, 6) is 0.888. The molecule has 0 spiro atoms. The molecule has 134 valence electrons. The standard InChI is InChI=1S/C16H24N2O6/c1-10(2)23-15(19)17-18(16(20)24-11(3)4)12-7-8-13(21-5)14(9-12)22-6/h7-11H,1-6H3,(H,17,19). The van der Waals surface area contributed by atoms with Crippen LogP contribution in [0, 0.1) is 0 Å². The molecule has 1 aromatic rings. The number of nitrogens with zero attached hydrogens (tertiary/aromatic N) is 1. The molecule has 0 aromatic heterocycles. The molecule has 0 heterocycles. The van der Waals surface area contributed by atoms with Crippen LogP contribution in [0.1, 0.15) is 27.7 Å². The second kappa shape index (κ2) is 8.85. The Balaban J connectivity index is 3.12. The van der Waals surface area contributed by atoms with Crippen LogP contribution < -0.4 is 19.9 Å². The summed E-state index contributed by atoms with van der Waals surface area (Å²) in [6, 6.07) is 4.73. The van der Waals surface area contributed by atoms with Gasteiger partial charge in [0.2, 0.25) is 0 Å². The highest BCUT2D eigenvalue weighted by atomic mass is 16.6. The van der Waals surface area contributed by atoms with Crippen LogP contribution in [-0.4, -0.2) is 38.6 Å². The van der Waals surface area contributed by atoms with E-state index in [0.29, 0.717) is 17.2 Å².